The van der Waals surface area contributed by atoms with Crippen LogP contribution in [0.1, 0.15) is 24.5 Å². The molecule has 0 aromatic heterocycles. The lowest BCUT2D eigenvalue weighted by atomic mass is 10.0. The molecule has 39 heavy (non-hydrogen) atoms. The zero-order valence-corrected chi connectivity index (χ0v) is 23.9. The van der Waals surface area contributed by atoms with Crippen molar-refractivity contribution in [1.82, 2.24) is 10.2 Å². The van der Waals surface area contributed by atoms with Crippen LogP contribution in [0.5, 0.6) is 5.75 Å². The van der Waals surface area contributed by atoms with E-state index in [4.69, 9.17) is 16.3 Å². The fraction of sp³-hybridized carbons (Fsp3) is 0.310. The Morgan fingerprint density at radius 2 is 1.59 bits per heavy atom. The average Bonchev–Trinajstić information content (AvgIpc) is 2.92. The van der Waals surface area contributed by atoms with Gasteiger partial charge in [-0.15, -0.1) is 0 Å². The molecule has 3 rings (SSSR count). The fourth-order valence-corrected chi connectivity index (χ4v) is 5.16. The first kappa shape index (κ1) is 30.0. The van der Waals surface area contributed by atoms with Crippen LogP contribution in [0.2, 0.25) is 5.02 Å². The summed E-state index contributed by atoms with van der Waals surface area (Å²) in [6.45, 7) is 1.96. The predicted octanol–water partition coefficient (Wildman–Crippen LogP) is 4.28. The van der Waals surface area contributed by atoms with Gasteiger partial charge >= 0.3 is 0 Å². The molecular formula is C29H34ClN3O5S. The Morgan fingerprint density at radius 3 is 2.15 bits per heavy atom. The number of hydrogen-bond donors (Lipinski definition) is 1. The van der Waals surface area contributed by atoms with E-state index < -0.39 is 28.5 Å². The van der Waals surface area contributed by atoms with E-state index in [1.54, 1.807) is 12.1 Å². The molecule has 0 unspecified atom stereocenters. The third kappa shape index (κ3) is 8.46. The topological polar surface area (TPSA) is 96.0 Å². The van der Waals surface area contributed by atoms with Crippen LogP contribution in [0.25, 0.3) is 0 Å². The normalized spacial score (nSPS) is 11.9. The van der Waals surface area contributed by atoms with Crippen LogP contribution in [0.4, 0.5) is 5.69 Å². The van der Waals surface area contributed by atoms with Crippen LogP contribution in [-0.4, -0.2) is 57.6 Å². The number of hydrogen-bond acceptors (Lipinski definition) is 5. The van der Waals surface area contributed by atoms with Crippen molar-refractivity contribution in [2.45, 2.75) is 32.4 Å². The van der Waals surface area contributed by atoms with Crippen molar-refractivity contribution < 1.29 is 22.7 Å². The first-order valence-electron chi connectivity index (χ1n) is 12.6. The van der Waals surface area contributed by atoms with Crippen LogP contribution >= 0.6 is 11.6 Å². The van der Waals surface area contributed by atoms with Crippen LogP contribution in [0, 0.1) is 0 Å². The molecule has 0 radical (unpaired) electrons. The molecule has 0 aliphatic carbocycles. The van der Waals surface area contributed by atoms with E-state index >= 15 is 0 Å². The van der Waals surface area contributed by atoms with Gasteiger partial charge in [-0.3, -0.25) is 13.9 Å². The monoisotopic (exact) mass is 571 g/mol. The number of carbonyl (C=O) groups is 2. The van der Waals surface area contributed by atoms with E-state index in [2.05, 4.69) is 5.32 Å². The number of amides is 2. The second kappa shape index (κ2) is 14.0. The number of carbonyl (C=O) groups excluding carboxylic acids is 2. The maximum atomic E-state index is 14.0. The number of ether oxygens (including phenoxy) is 1. The molecule has 2 amide bonds. The van der Waals surface area contributed by atoms with Gasteiger partial charge in [0.15, 0.2) is 0 Å². The van der Waals surface area contributed by atoms with E-state index in [0.29, 0.717) is 6.54 Å². The average molecular weight is 572 g/mol. The summed E-state index contributed by atoms with van der Waals surface area (Å²) in [6.07, 6.45) is 2.00. The van der Waals surface area contributed by atoms with Crippen LogP contribution in [-0.2, 0) is 32.6 Å². The van der Waals surface area contributed by atoms with Gasteiger partial charge in [-0.1, -0.05) is 79.2 Å². The van der Waals surface area contributed by atoms with Crippen molar-refractivity contribution in [3.05, 3.63) is 95.0 Å². The molecule has 0 saturated carbocycles. The number of benzene rings is 3. The highest BCUT2D eigenvalue weighted by Gasteiger charge is 2.33. The third-order valence-electron chi connectivity index (χ3n) is 6.10. The lowest BCUT2D eigenvalue weighted by Crippen LogP contribution is -2.53. The standard InChI is InChI=1S/C29H34ClN3O5S/c1-4-17-31-29(35)26(18-22-11-7-5-8-12-22)32(20-23-13-9-6-10-14-23)28(34)21-33(39(3,36)37)25-19-24(30)15-16-27(25)38-2/h5-16,19,26H,4,17-18,20-21H2,1-3H3,(H,31,35)/t26-/m1/s1. The largest absolute Gasteiger partial charge is 0.495 e. The zero-order chi connectivity index (χ0) is 28.4. The summed E-state index contributed by atoms with van der Waals surface area (Å²) in [5, 5.41) is 3.20. The molecule has 0 bridgehead atoms. The van der Waals surface area contributed by atoms with E-state index in [-0.39, 0.29) is 35.3 Å². The molecular weight excluding hydrogens is 538 g/mol. The van der Waals surface area contributed by atoms with Crippen LogP contribution in [0.15, 0.2) is 78.9 Å². The molecule has 0 aliphatic rings. The number of anilines is 1. The quantitative estimate of drug-likeness (QED) is 0.330. The lowest BCUT2D eigenvalue weighted by molar-refractivity contribution is -0.140. The third-order valence-corrected chi connectivity index (χ3v) is 7.47. The molecule has 0 heterocycles. The highest BCUT2D eigenvalue weighted by atomic mass is 35.5. The van der Waals surface area contributed by atoms with E-state index in [0.717, 1.165) is 28.1 Å². The van der Waals surface area contributed by atoms with Gasteiger partial charge in [0.05, 0.1) is 19.1 Å². The molecule has 1 N–H and O–H groups in total. The van der Waals surface area contributed by atoms with Gasteiger partial charge in [-0.25, -0.2) is 8.42 Å². The van der Waals surface area contributed by atoms with Gasteiger partial charge in [-0.05, 0) is 35.7 Å². The molecule has 0 aliphatic heterocycles. The minimum atomic E-state index is -3.94. The molecule has 8 nitrogen and oxygen atoms in total. The second-order valence-corrected chi connectivity index (χ2v) is 11.4. The lowest BCUT2D eigenvalue weighted by Gasteiger charge is -2.33. The molecule has 3 aromatic carbocycles. The fourth-order valence-electron chi connectivity index (χ4n) is 4.15. The summed E-state index contributed by atoms with van der Waals surface area (Å²) >= 11 is 6.18. The smallest absolute Gasteiger partial charge is 0.244 e. The highest BCUT2D eigenvalue weighted by Crippen LogP contribution is 2.33. The van der Waals surface area contributed by atoms with E-state index in [1.807, 2.05) is 67.6 Å². The summed E-state index contributed by atoms with van der Waals surface area (Å²) in [4.78, 5) is 29.0. The van der Waals surface area contributed by atoms with Gasteiger partial charge in [0, 0.05) is 24.5 Å². The van der Waals surface area contributed by atoms with Gasteiger partial charge < -0.3 is 15.0 Å². The highest BCUT2D eigenvalue weighted by molar-refractivity contribution is 7.92. The van der Waals surface area contributed by atoms with Crippen molar-refractivity contribution in [2.75, 3.05) is 30.8 Å². The Bertz CT molecular complexity index is 1350. The van der Waals surface area contributed by atoms with Crippen molar-refractivity contribution in [2.24, 2.45) is 0 Å². The van der Waals surface area contributed by atoms with E-state index in [9.17, 15) is 18.0 Å². The van der Waals surface area contributed by atoms with Crippen molar-refractivity contribution in [3.8, 4) is 5.75 Å². The van der Waals surface area contributed by atoms with Gasteiger partial charge in [0.25, 0.3) is 0 Å². The Labute approximate surface area is 235 Å². The summed E-state index contributed by atoms with van der Waals surface area (Å²) in [5.41, 5.74) is 1.81. The zero-order valence-electron chi connectivity index (χ0n) is 22.3. The van der Waals surface area contributed by atoms with Crippen molar-refractivity contribution in [3.63, 3.8) is 0 Å². The number of rotatable bonds is 13. The number of halogens is 1. The minimum Gasteiger partial charge on any atom is -0.495 e. The summed E-state index contributed by atoms with van der Waals surface area (Å²) in [6, 6.07) is 22.4. The number of nitrogens with one attached hydrogen (secondary N) is 1. The number of methoxy groups -OCH3 is 1. The van der Waals surface area contributed by atoms with Crippen LogP contribution < -0.4 is 14.4 Å². The summed E-state index contributed by atoms with van der Waals surface area (Å²) in [7, 11) is -2.53. The molecule has 208 valence electrons. The molecule has 0 spiro atoms. The maximum Gasteiger partial charge on any atom is 0.244 e. The van der Waals surface area contributed by atoms with Crippen LogP contribution in [0.3, 0.4) is 0 Å². The van der Waals surface area contributed by atoms with Gasteiger partial charge in [-0.2, -0.15) is 0 Å². The Kier molecular flexibility index (Phi) is 10.8. The predicted molar refractivity (Wildman–Crippen MR) is 154 cm³/mol. The number of sulfonamides is 1. The van der Waals surface area contributed by atoms with Crippen molar-refractivity contribution >= 4 is 39.1 Å². The second-order valence-electron chi connectivity index (χ2n) is 9.09. The maximum absolute atomic E-state index is 14.0. The Hall–Kier alpha value is -3.56. The number of nitrogens with zero attached hydrogens (tertiary/aromatic N) is 2. The molecule has 3 aromatic rings. The van der Waals surface area contributed by atoms with Gasteiger partial charge in [0.2, 0.25) is 21.8 Å². The summed E-state index contributed by atoms with van der Waals surface area (Å²) in [5.74, 6) is -0.608. The molecule has 10 heteroatoms. The molecule has 0 fully saturated rings. The Morgan fingerprint density at radius 1 is 0.974 bits per heavy atom. The Balaban J connectivity index is 2.06. The SMILES string of the molecule is CCCNC(=O)[C@@H](Cc1ccccc1)N(Cc1ccccc1)C(=O)CN(c1cc(Cl)ccc1OC)S(C)(=O)=O. The van der Waals surface area contributed by atoms with Gasteiger partial charge in [0.1, 0.15) is 18.3 Å². The van der Waals surface area contributed by atoms with Crippen molar-refractivity contribution in [1.29, 1.82) is 0 Å². The molecule has 0 saturated heterocycles. The first-order valence-corrected chi connectivity index (χ1v) is 14.8. The minimum absolute atomic E-state index is 0.112. The van der Waals surface area contributed by atoms with E-state index in [1.165, 1.54) is 18.1 Å². The summed E-state index contributed by atoms with van der Waals surface area (Å²) < 4.78 is 32.2. The molecule has 1 atom stereocenters. The first-order chi connectivity index (χ1) is 18.6.